The molecule has 6 nitrogen and oxygen atoms in total. The molecule has 0 saturated carbocycles. The molecule has 138 valence electrons. The average Bonchev–Trinajstić information content (AvgIpc) is 3.03. The maximum absolute atomic E-state index is 12.0. The number of hydrogen-bond donors (Lipinski definition) is 1. The molecule has 3 aromatic rings. The predicted molar refractivity (Wildman–Crippen MR) is 112 cm³/mol. The highest BCUT2D eigenvalue weighted by Gasteiger charge is 2.12. The molecule has 0 aliphatic carbocycles. The molecule has 0 aliphatic heterocycles. The fourth-order valence-electron chi connectivity index (χ4n) is 2.28. The van der Waals surface area contributed by atoms with Gasteiger partial charge in [-0.1, -0.05) is 69.7 Å². The predicted octanol–water partition coefficient (Wildman–Crippen LogP) is 3.80. The van der Waals surface area contributed by atoms with Gasteiger partial charge in [0.05, 0.1) is 12.0 Å². The fraction of sp³-hybridized carbons (Fsp3) is 0.158. The van der Waals surface area contributed by atoms with E-state index in [1.165, 1.54) is 17.3 Å². The number of amides is 1. The molecule has 0 aliphatic rings. The van der Waals surface area contributed by atoms with Crippen LogP contribution in [-0.2, 0) is 11.8 Å². The van der Waals surface area contributed by atoms with Crippen LogP contribution >= 0.6 is 27.7 Å². The van der Waals surface area contributed by atoms with E-state index < -0.39 is 0 Å². The largest absolute Gasteiger partial charge is 0.305 e. The van der Waals surface area contributed by atoms with E-state index in [9.17, 15) is 4.79 Å². The molecule has 0 unspecified atom stereocenters. The molecule has 27 heavy (non-hydrogen) atoms. The molecule has 1 heterocycles. The number of carbonyl (C=O) groups is 1. The van der Waals surface area contributed by atoms with E-state index in [1.807, 2.05) is 67.1 Å². The number of benzene rings is 2. The van der Waals surface area contributed by atoms with Gasteiger partial charge in [-0.15, -0.1) is 10.2 Å². The van der Waals surface area contributed by atoms with Crippen LogP contribution in [0.2, 0.25) is 0 Å². The Balaban J connectivity index is 1.54. The lowest BCUT2D eigenvalue weighted by Gasteiger charge is -2.04. The molecule has 1 aromatic heterocycles. The third kappa shape index (κ3) is 5.27. The van der Waals surface area contributed by atoms with Gasteiger partial charge in [-0.3, -0.25) is 4.79 Å². The first-order valence-electron chi connectivity index (χ1n) is 8.19. The Hall–Kier alpha value is -2.45. The minimum atomic E-state index is -0.198. The van der Waals surface area contributed by atoms with Crippen molar-refractivity contribution in [3.8, 4) is 11.4 Å². The van der Waals surface area contributed by atoms with Gasteiger partial charge in [0, 0.05) is 17.1 Å². The van der Waals surface area contributed by atoms with E-state index in [4.69, 9.17) is 0 Å². The second-order valence-corrected chi connectivity index (χ2v) is 7.72. The van der Waals surface area contributed by atoms with Crippen LogP contribution in [0.25, 0.3) is 11.4 Å². The summed E-state index contributed by atoms with van der Waals surface area (Å²) in [5, 5.41) is 13.0. The van der Waals surface area contributed by atoms with Crippen LogP contribution in [0.5, 0.6) is 0 Å². The van der Waals surface area contributed by atoms with Crippen molar-refractivity contribution >= 4 is 39.8 Å². The Morgan fingerprint density at radius 3 is 2.59 bits per heavy atom. The highest BCUT2D eigenvalue weighted by molar-refractivity contribution is 9.10. The standard InChI is InChI=1S/C19H18BrN5OS/c1-13-3-5-14(6-4-13)11-21-22-17(26)12-27-19-24-23-18(25(19)2)15-7-9-16(20)10-8-15/h3-11H,12H2,1-2H3,(H,22,26)/b21-11-. The second kappa shape index (κ2) is 8.96. The number of aromatic nitrogens is 3. The van der Waals surface area contributed by atoms with Gasteiger partial charge in [0.2, 0.25) is 0 Å². The van der Waals surface area contributed by atoms with E-state index >= 15 is 0 Å². The maximum atomic E-state index is 12.0. The fourth-order valence-corrected chi connectivity index (χ4v) is 3.25. The van der Waals surface area contributed by atoms with Crippen LogP contribution in [0.1, 0.15) is 11.1 Å². The van der Waals surface area contributed by atoms with Crippen LogP contribution in [0, 0.1) is 6.92 Å². The molecule has 1 N–H and O–H groups in total. The van der Waals surface area contributed by atoms with Crippen LogP contribution < -0.4 is 5.43 Å². The van der Waals surface area contributed by atoms with Crippen LogP contribution in [0.15, 0.2) is 63.3 Å². The van der Waals surface area contributed by atoms with E-state index in [0.29, 0.717) is 5.16 Å². The first kappa shape index (κ1) is 19.3. The molecule has 0 bridgehead atoms. The van der Waals surface area contributed by atoms with Gasteiger partial charge in [-0.05, 0) is 24.6 Å². The quantitative estimate of drug-likeness (QED) is 0.357. The lowest BCUT2D eigenvalue weighted by molar-refractivity contribution is -0.118. The summed E-state index contributed by atoms with van der Waals surface area (Å²) in [6, 6.07) is 15.7. The summed E-state index contributed by atoms with van der Waals surface area (Å²) in [4.78, 5) is 12.0. The highest BCUT2D eigenvalue weighted by atomic mass is 79.9. The smallest absolute Gasteiger partial charge is 0.250 e. The van der Waals surface area contributed by atoms with Gasteiger partial charge < -0.3 is 4.57 Å². The summed E-state index contributed by atoms with van der Waals surface area (Å²) in [7, 11) is 1.88. The van der Waals surface area contributed by atoms with Crippen LogP contribution in [-0.4, -0.2) is 32.6 Å². The minimum absolute atomic E-state index is 0.198. The van der Waals surface area contributed by atoms with Crippen LogP contribution in [0.3, 0.4) is 0 Å². The lowest BCUT2D eigenvalue weighted by atomic mass is 10.2. The first-order valence-corrected chi connectivity index (χ1v) is 9.97. The second-order valence-electron chi connectivity index (χ2n) is 5.86. The number of aryl methyl sites for hydroxylation is 1. The van der Waals surface area contributed by atoms with Crippen molar-refractivity contribution in [3.63, 3.8) is 0 Å². The number of carbonyl (C=O) groups excluding carboxylic acids is 1. The molecular formula is C19H18BrN5OS. The molecular weight excluding hydrogens is 426 g/mol. The summed E-state index contributed by atoms with van der Waals surface area (Å²) in [6.07, 6.45) is 1.62. The highest BCUT2D eigenvalue weighted by Crippen LogP contribution is 2.23. The number of nitrogens with one attached hydrogen (secondary N) is 1. The molecule has 0 radical (unpaired) electrons. The van der Waals surface area contributed by atoms with Gasteiger partial charge in [0.1, 0.15) is 0 Å². The van der Waals surface area contributed by atoms with E-state index in [1.54, 1.807) is 6.21 Å². The number of thioether (sulfide) groups is 1. The zero-order valence-electron chi connectivity index (χ0n) is 14.9. The van der Waals surface area contributed by atoms with Gasteiger partial charge in [0.25, 0.3) is 5.91 Å². The van der Waals surface area contributed by atoms with Gasteiger partial charge in [0.15, 0.2) is 11.0 Å². The summed E-state index contributed by atoms with van der Waals surface area (Å²) < 4.78 is 2.88. The molecule has 8 heteroatoms. The number of nitrogens with zero attached hydrogens (tertiary/aromatic N) is 4. The Morgan fingerprint density at radius 2 is 1.89 bits per heavy atom. The monoisotopic (exact) mass is 443 g/mol. The normalized spacial score (nSPS) is 11.1. The number of hydrazone groups is 1. The zero-order chi connectivity index (χ0) is 19.2. The zero-order valence-corrected chi connectivity index (χ0v) is 17.3. The topological polar surface area (TPSA) is 72.2 Å². The molecule has 1 amide bonds. The van der Waals surface area contributed by atoms with Crippen molar-refractivity contribution < 1.29 is 4.79 Å². The SMILES string of the molecule is Cc1ccc(/C=N\NC(=O)CSc2nnc(-c3ccc(Br)cc3)n2C)cc1. The van der Waals surface area contributed by atoms with Crippen molar-refractivity contribution in [1.82, 2.24) is 20.2 Å². The summed E-state index contributed by atoms with van der Waals surface area (Å²) in [5.41, 5.74) is 5.60. The number of hydrogen-bond acceptors (Lipinski definition) is 5. The van der Waals surface area contributed by atoms with Gasteiger partial charge in [-0.2, -0.15) is 5.10 Å². The van der Waals surface area contributed by atoms with Crippen molar-refractivity contribution in [2.45, 2.75) is 12.1 Å². The Labute approximate surface area is 170 Å². The van der Waals surface area contributed by atoms with E-state index in [-0.39, 0.29) is 11.7 Å². The Kier molecular flexibility index (Phi) is 6.41. The summed E-state index contributed by atoms with van der Waals surface area (Å²) in [6.45, 7) is 2.02. The van der Waals surface area contributed by atoms with Crippen molar-refractivity contribution in [3.05, 3.63) is 64.1 Å². The van der Waals surface area contributed by atoms with Gasteiger partial charge in [-0.25, -0.2) is 5.43 Å². The Morgan fingerprint density at radius 1 is 1.19 bits per heavy atom. The molecule has 0 saturated heterocycles. The van der Waals surface area contributed by atoms with Crippen molar-refractivity contribution in [1.29, 1.82) is 0 Å². The molecule has 3 rings (SSSR count). The van der Waals surface area contributed by atoms with E-state index in [0.717, 1.165) is 21.4 Å². The maximum Gasteiger partial charge on any atom is 0.250 e. The number of rotatable bonds is 6. The first-order chi connectivity index (χ1) is 13.0. The summed E-state index contributed by atoms with van der Waals surface area (Å²) in [5.74, 6) is 0.761. The van der Waals surface area contributed by atoms with E-state index in [2.05, 4.69) is 36.7 Å². The molecule has 2 aromatic carbocycles. The Bertz CT molecular complexity index is 951. The lowest BCUT2D eigenvalue weighted by Crippen LogP contribution is -2.19. The third-order valence-corrected chi connectivity index (χ3v) is 5.30. The molecule has 0 spiro atoms. The molecule has 0 atom stereocenters. The van der Waals surface area contributed by atoms with Crippen LogP contribution in [0.4, 0.5) is 0 Å². The minimum Gasteiger partial charge on any atom is -0.305 e. The summed E-state index contributed by atoms with van der Waals surface area (Å²) >= 11 is 4.73. The average molecular weight is 444 g/mol. The molecule has 0 fully saturated rings. The van der Waals surface area contributed by atoms with Crippen molar-refractivity contribution in [2.75, 3.05) is 5.75 Å². The van der Waals surface area contributed by atoms with Gasteiger partial charge >= 0.3 is 0 Å². The third-order valence-electron chi connectivity index (χ3n) is 3.75. The number of halogens is 1. The van der Waals surface area contributed by atoms with Crippen molar-refractivity contribution in [2.24, 2.45) is 12.1 Å².